The maximum atomic E-state index is 13.7. The molecule has 6 rings (SSSR count). The van der Waals surface area contributed by atoms with Crippen molar-refractivity contribution >= 4 is 39.0 Å². The fourth-order valence-electron chi connectivity index (χ4n) is 7.08. The lowest BCUT2D eigenvalue weighted by atomic mass is 9.62. The minimum Gasteiger partial charge on any atom is -0.343 e. The molecular formula is C35H41N3O2S2. The van der Waals surface area contributed by atoms with Crippen LogP contribution in [0.25, 0.3) is 10.8 Å². The van der Waals surface area contributed by atoms with E-state index in [4.69, 9.17) is 0 Å². The minimum atomic E-state index is -1.45. The van der Waals surface area contributed by atoms with Crippen LogP contribution in [0, 0.1) is 5.41 Å². The van der Waals surface area contributed by atoms with E-state index in [0.29, 0.717) is 11.8 Å². The number of nitrogens with one attached hydrogen (secondary N) is 1. The van der Waals surface area contributed by atoms with Gasteiger partial charge in [0.2, 0.25) is 5.91 Å². The van der Waals surface area contributed by atoms with Crippen molar-refractivity contribution in [1.29, 1.82) is 0 Å². The van der Waals surface area contributed by atoms with Gasteiger partial charge in [0.25, 0.3) is 0 Å². The quantitative estimate of drug-likeness (QED) is 0.232. The topological polar surface area (TPSA) is 52.6 Å². The SMILES string of the molecule is CN(C)C1(c2cccs2)CCC2(CCN(C(=O)CC(NS(=O)c3ccc4ccccc4c3)c3ccccc3)CC2)CC1. The van der Waals surface area contributed by atoms with E-state index in [-0.39, 0.29) is 17.5 Å². The van der Waals surface area contributed by atoms with Crippen molar-refractivity contribution in [3.8, 4) is 0 Å². The first kappa shape index (κ1) is 29.2. The van der Waals surface area contributed by atoms with Gasteiger partial charge in [0.05, 0.1) is 16.5 Å². The molecule has 4 aromatic rings. The van der Waals surface area contributed by atoms with Crippen LogP contribution in [0.1, 0.15) is 61.4 Å². The molecule has 1 N–H and O–H groups in total. The van der Waals surface area contributed by atoms with E-state index in [2.05, 4.69) is 52.2 Å². The van der Waals surface area contributed by atoms with Crippen LogP contribution in [-0.4, -0.2) is 47.1 Å². The summed E-state index contributed by atoms with van der Waals surface area (Å²) in [5, 5.41) is 4.37. The van der Waals surface area contributed by atoms with Crippen molar-refractivity contribution in [2.24, 2.45) is 5.41 Å². The van der Waals surface area contributed by atoms with Crippen LogP contribution in [0.5, 0.6) is 0 Å². The van der Waals surface area contributed by atoms with Gasteiger partial charge in [-0.15, -0.1) is 11.3 Å². The summed E-state index contributed by atoms with van der Waals surface area (Å²) in [7, 11) is 3.00. The lowest BCUT2D eigenvalue weighted by Crippen LogP contribution is -2.50. The number of amides is 1. The first-order chi connectivity index (χ1) is 20.4. The minimum absolute atomic E-state index is 0.138. The predicted molar refractivity (Wildman–Crippen MR) is 174 cm³/mol. The third-order valence-corrected chi connectivity index (χ3v) is 12.2. The van der Waals surface area contributed by atoms with E-state index >= 15 is 0 Å². The second-order valence-electron chi connectivity index (χ2n) is 12.3. The molecule has 2 aliphatic rings. The number of fused-ring (bicyclic) bond motifs is 1. The van der Waals surface area contributed by atoms with Gasteiger partial charge in [-0.05, 0) is 98.0 Å². The summed E-state index contributed by atoms with van der Waals surface area (Å²) in [5.41, 5.74) is 1.46. The van der Waals surface area contributed by atoms with E-state index in [1.807, 2.05) is 78.1 Å². The van der Waals surface area contributed by atoms with Gasteiger partial charge in [-0.1, -0.05) is 66.7 Å². The first-order valence-electron chi connectivity index (χ1n) is 15.1. The fraction of sp³-hybridized carbons (Fsp3) is 0.400. The number of thiophene rings is 1. The zero-order chi connectivity index (χ0) is 29.2. The Bertz CT molecular complexity index is 1520. The van der Waals surface area contributed by atoms with Gasteiger partial charge < -0.3 is 4.90 Å². The van der Waals surface area contributed by atoms with Gasteiger partial charge in [0, 0.05) is 24.4 Å². The molecule has 1 aliphatic heterocycles. The first-order valence-corrected chi connectivity index (χ1v) is 17.1. The highest BCUT2D eigenvalue weighted by atomic mass is 32.2. The standard InChI is InChI=1S/C35H41N3O2S2/c1-37(2)35(32-13-8-24-41-32)18-16-34(17-19-35)20-22-38(23-21-34)33(39)26-31(28-10-4-3-5-11-28)36-42(40)30-15-14-27-9-6-7-12-29(27)25-30/h3-15,24-25,31,36H,16-23,26H2,1-2H3. The zero-order valence-electron chi connectivity index (χ0n) is 24.6. The molecule has 220 valence electrons. The molecule has 1 saturated carbocycles. The van der Waals surface area contributed by atoms with Crippen LogP contribution in [0.15, 0.2) is 95.2 Å². The maximum absolute atomic E-state index is 13.7. The Morgan fingerprint density at radius 3 is 2.24 bits per heavy atom. The van der Waals surface area contributed by atoms with Crippen molar-refractivity contribution in [3.63, 3.8) is 0 Å². The molecule has 3 aromatic carbocycles. The Labute approximate surface area is 256 Å². The average molecular weight is 600 g/mol. The molecule has 2 unspecified atom stereocenters. The summed E-state index contributed by atoms with van der Waals surface area (Å²) in [6.07, 6.45) is 7.20. The second kappa shape index (κ2) is 12.4. The maximum Gasteiger partial charge on any atom is 0.224 e. The van der Waals surface area contributed by atoms with Crippen LogP contribution in [0.3, 0.4) is 0 Å². The third-order valence-electron chi connectivity index (χ3n) is 9.92. The molecule has 2 fully saturated rings. The number of piperidine rings is 1. The number of carbonyl (C=O) groups is 1. The van der Waals surface area contributed by atoms with Gasteiger partial charge in [-0.3, -0.25) is 9.69 Å². The Balaban J connectivity index is 1.10. The van der Waals surface area contributed by atoms with Gasteiger partial charge in [0.15, 0.2) is 0 Å². The van der Waals surface area contributed by atoms with Crippen molar-refractivity contribution in [1.82, 2.24) is 14.5 Å². The normalized spacial score (nSPS) is 19.6. The fourth-order valence-corrected chi connectivity index (χ4v) is 9.18. The van der Waals surface area contributed by atoms with E-state index in [0.717, 1.165) is 47.2 Å². The molecule has 1 spiro atoms. The molecule has 1 amide bonds. The van der Waals surface area contributed by atoms with Gasteiger partial charge in [-0.25, -0.2) is 8.93 Å². The highest BCUT2D eigenvalue weighted by molar-refractivity contribution is 7.83. The average Bonchev–Trinajstić information content (AvgIpc) is 3.57. The molecule has 0 bridgehead atoms. The molecule has 0 radical (unpaired) electrons. The predicted octanol–water partition coefficient (Wildman–Crippen LogP) is 7.28. The van der Waals surface area contributed by atoms with Crippen LogP contribution >= 0.6 is 11.3 Å². The molecule has 2 heterocycles. The number of carbonyl (C=O) groups excluding carboxylic acids is 1. The van der Waals surface area contributed by atoms with E-state index < -0.39 is 11.0 Å². The molecule has 1 aromatic heterocycles. The molecule has 2 atom stereocenters. The summed E-state index contributed by atoms with van der Waals surface area (Å²) >= 11 is 1.88. The molecule has 7 heteroatoms. The van der Waals surface area contributed by atoms with E-state index in [1.54, 1.807) is 0 Å². The molecular weight excluding hydrogens is 559 g/mol. The van der Waals surface area contributed by atoms with Gasteiger partial charge in [0.1, 0.15) is 11.0 Å². The summed E-state index contributed by atoms with van der Waals surface area (Å²) in [4.78, 5) is 20.4. The van der Waals surface area contributed by atoms with Crippen LogP contribution in [0.4, 0.5) is 0 Å². The van der Waals surface area contributed by atoms with Crippen LogP contribution in [-0.2, 0) is 21.3 Å². The van der Waals surface area contributed by atoms with Crippen molar-refractivity contribution < 1.29 is 9.00 Å². The lowest BCUT2D eigenvalue weighted by Gasteiger charge is -2.52. The van der Waals surface area contributed by atoms with Crippen LogP contribution < -0.4 is 4.72 Å². The summed E-state index contributed by atoms with van der Waals surface area (Å²) in [5.74, 6) is 0.138. The lowest BCUT2D eigenvalue weighted by molar-refractivity contribution is -0.134. The summed E-state index contributed by atoms with van der Waals surface area (Å²) in [6, 6.07) is 28.1. The van der Waals surface area contributed by atoms with Gasteiger partial charge >= 0.3 is 0 Å². The second-order valence-corrected chi connectivity index (χ2v) is 14.5. The van der Waals surface area contributed by atoms with E-state index in [9.17, 15) is 9.00 Å². The largest absolute Gasteiger partial charge is 0.343 e. The number of benzene rings is 3. The third kappa shape index (κ3) is 5.98. The monoisotopic (exact) mass is 599 g/mol. The molecule has 1 saturated heterocycles. The Hall–Kier alpha value is -2.84. The van der Waals surface area contributed by atoms with Crippen molar-refractivity contribution in [2.75, 3.05) is 27.2 Å². The zero-order valence-corrected chi connectivity index (χ0v) is 26.3. The molecule has 1 aliphatic carbocycles. The van der Waals surface area contributed by atoms with Crippen LogP contribution in [0.2, 0.25) is 0 Å². The highest BCUT2D eigenvalue weighted by Gasteiger charge is 2.46. The number of hydrogen-bond donors (Lipinski definition) is 1. The summed E-state index contributed by atoms with van der Waals surface area (Å²) < 4.78 is 16.8. The number of likely N-dealkylation sites (tertiary alicyclic amines) is 1. The molecule has 42 heavy (non-hydrogen) atoms. The summed E-state index contributed by atoms with van der Waals surface area (Å²) in [6.45, 7) is 1.62. The Morgan fingerprint density at radius 2 is 1.57 bits per heavy atom. The smallest absolute Gasteiger partial charge is 0.224 e. The molecule has 5 nitrogen and oxygen atoms in total. The van der Waals surface area contributed by atoms with Crippen molar-refractivity contribution in [3.05, 3.63) is 101 Å². The number of rotatable bonds is 8. The van der Waals surface area contributed by atoms with E-state index in [1.165, 1.54) is 30.6 Å². The Kier molecular flexibility index (Phi) is 8.64. The number of nitrogens with zero attached hydrogens (tertiary/aromatic N) is 2. The Morgan fingerprint density at radius 1 is 0.881 bits per heavy atom. The van der Waals surface area contributed by atoms with Gasteiger partial charge in [-0.2, -0.15) is 0 Å². The number of hydrogen-bond acceptors (Lipinski definition) is 4. The van der Waals surface area contributed by atoms with Crippen molar-refractivity contribution in [2.45, 2.75) is 61.4 Å². The highest BCUT2D eigenvalue weighted by Crippen LogP contribution is 2.53.